The average Bonchev–Trinajstić information content (AvgIpc) is 2.89. The van der Waals surface area contributed by atoms with Crippen LogP contribution >= 0.6 is 0 Å². The SMILES string of the molecule is COc1ccc(S(=O)(=O)NCc2nn[nH]n2)c(N)c1. The molecule has 19 heavy (non-hydrogen) atoms. The van der Waals surface area contributed by atoms with Crippen molar-refractivity contribution in [2.45, 2.75) is 11.4 Å². The molecule has 0 saturated carbocycles. The minimum absolute atomic E-state index is 0.0307. The van der Waals surface area contributed by atoms with Gasteiger partial charge in [-0.25, -0.2) is 13.1 Å². The molecule has 0 unspecified atom stereocenters. The number of aromatic amines is 1. The van der Waals surface area contributed by atoms with Gasteiger partial charge in [0.15, 0.2) is 5.82 Å². The molecule has 0 aliphatic heterocycles. The lowest BCUT2D eigenvalue weighted by Crippen LogP contribution is -2.24. The Morgan fingerprint density at radius 2 is 2.26 bits per heavy atom. The number of anilines is 1. The van der Waals surface area contributed by atoms with E-state index in [9.17, 15) is 8.42 Å². The summed E-state index contributed by atoms with van der Waals surface area (Å²) in [5.74, 6) is 0.713. The number of nitrogens with one attached hydrogen (secondary N) is 2. The molecule has 10 heteroatoms. The number of ether oxygens (including phenoxy) is 1. The van der Waals surface area contributed by atoms with Crippen molar-refractivity contribution in [2.24, 2.45) is 0 Å². The summed E-state index contributed by atoms with van der Waals surface area (Å²) in [7, 11) is -2.27. The van der Waals surface area contributed by atoms with Crippen molar-refractivity contribution in [3.05, 3.63) is 24.0 Å². The highest BCUT2D eigenvalue weighted by molar-refractivity contribution is 7.89. The number of hydrogen-bond donors (Lipinski definition) is 3. The zero-order valence-corrected chi connectivity index (χ0v) is 10.8. The first-order valence-corrected chi connectivity index (χ1v) is 6.67. The Kier molecular flexibility index (Phi) is 3.62. The molecule has 1 aromatic heterocycles. The van der Waals surface area contributed by atoms with Crippen molar-refractivity contribution in [1.29, 1.82) is 0 Å². The second kappa shape index (κ2) is 5.20. The van der Waals surface area contributed by atoms with Crippen molar-refractivity contribution < 1.29 is 13.2 Å². The van der Waals surface area contributed by atoms with Crippen LogP contribution in [-0.4, -0.2) is 36.2 Å². The van der Waals surface area contributed by atoms with Crippen molar-refractivity contribution in [2.75, 3.05) is 12.8 Å². The summed E-state index contributed by atoms with van der Waals surface area (Å²) in [6.07, 6.45) is 0. The number of rotatable bonds is 5. The van der Waals surface area contributed by atoms with Gasteiger partial charge in [-0.05, 0) is 12.1 Å². The normalized spacial score (nSPS) is 11.4. The van der Waals surface area contributed by atoms with Crippen LogP contribution in [-0.2, 0) is 16.6 Å². The Bertz CT molecular complexity index is 655. The van der Waals surface area contributed by atoms with E-state index in [1.807, 2.05) is 0 Å². The summed E-state index contributed by atoms with van der Waals surface area (Å²) in [6, 6.07) is 4.31. The summed E-state index contributed by atoms with van der Waals surface area (Å²) >= 11 is 0. The third-order valence-corrected chi connectivity index (χ3v) is 3.79. The predicted molar refractivity (Wildman–Crippen MR) is 65.6 cm³/mol. The van der Waals surface area contributed by atoms with E-state index < -0.39 is 10.0 Å². The Labute approximate surface area is 109 Å². The van der Waals surface area contributed by atoms with Gasteiger partial charge in [0.25, 0.3) is 0 Å². The molecule has 0 aliphatic carbocycles. The van der Waals surface area contributed by atoms with Crippen molar-refractivity contribution >= 4 is 15.7 Å². The van der Waals surface area contributed by atoms with E-state index in [2.05, 4.69) is 25.3 Å². The number of H-pyrrole nitrogens is 1. The highest BCUT2D eigenvalue weighted by Crippen LogP contribution is 2.23. The molecule has 0 fully saturated rings. The van der Waals surface area contributed by atoms with Crippen LogP contribution in [0.15, 0.2) is 23.1 Å². The molecule has 1 heterocycles. The third kappa shape index (κ3) is 2.98. The molecule has 102 valence electrons. The first-order valence-electron chi connectivity index (χ1n) is 5.18. The van der Waals surface area contributed by atoms with Crippen LogP contribution in [0.2, 0.25) is 0 Å². The minimum Gasteiger partial charge on any atom is -0.497 e. The van der Waals surface area contributed by atoms with Crippen LogP contribution in [0.4, 0.5) is 5.69 Å². The molecular weight excluding hydrogens is 272 g/mol. The Morgan fingerprint density at radius 1 is 1.47 bits per heavy atom. The van der Waals surface area contributed by atoms with E-state index in [0.717, 1.165) is 0 Å². The predicted octanol–water partition coefficient (Wildman–Crippen LogP) is -0.731. The minimum atomic E-state index is -3.74. The topological polar surface area (TPSA) is 136 Å². The van der Waals surface area contributed by atoms with E-state index in [-0.39, 0.29) is 23.0 Å². The number of benzene rings is 1. The molecule has 1 aromatic carbocycles. The lowest BCUT2D eigenvalue weighted by atomic mass is 10.3. The number of aromatic nitrogens is 4. The highest BCUT2D eigenvalue weighted by atomic mass is 32.2. The standard InChI is InChI=1S/C9H12N6O3S/c1-18-6-2-3-8(7(10)4-6)19(16,17)11-5-9-12-14-15-13-9/h2-4,11H,5,10H2,1H3,(H,12,13,14,15). The number of tetrazole rings is 1. The maximum atomic E-state index is 12.0. The summed E-state index contributed by atoms with van der Waals surface area (Å²) < 4.78 is 31.3. The number of hydrogen-bond acceptors (Lipinski definition) is 7. The van der Waals surface area contributed by atoms with Gasteiger partial charge in [-0.15, -0.1) is 10.2 Å². The van der Waals surface area contributed by atoms with Gasteiger partial charge >= 0.3 is 0 Å². The van der Waals surface area contributed by atoms with Gasteiger partial charge in [0.2, 0.25) is 10.0 Å². The van der Waals surface area contributed by atoms with Crippen LogP contribution in [0, 0.1) is 0 Å². The van der Waals surface area contributed by atoms with Gasteiger partial charge in [-0.3, -0.25) is 0 Å². The zero-order chi connectivity index (χ0) is 13.9. The van der Waals surface area contributed by atoms with E-state index >= 15 is 0 Å². The average molecular weight is 284 g/mol. The van der Waals surface area contributed by atoms with Gasteiger partial charge in [-0.1, -0.05) is 5.21 Å². The molecule has 0 saturated heterocycles. The fourth-order valence-electron chi connectivity index (χ4n) is 1.39. The summed E-state index contributed by atoms with van der Waals surface area (Å²) in [4.78, 5) is -0.0307. The lowest BCUT2D eigenvalue weighted by Gasteiger charge is -2.09. The molecule has 0 radical (unpaired) electrons. The Morgan fingerprint density at radius 3 is 2.84 bits per heavy atom. The van der Waals surface area contributed by atoms with Crippen molar-refractivity contribution in [3.8, 4) is 5.75 Å². The number of nitrogens with zero attached hydrogens (tertiary/aromatic N) is 3. The summed E-state index contributed by atoms with van der Waals surface area (Å²) in [6.45, 7) is -0.0791. The quantitative estimate of drug-likeness (QED) is 0.615. The number of sulfonamides is 1. The first kappa shape index (κ1) is 13.2. The molecule has 0 amide bonds. The van der Waals surface area contributed by atoms with E-state index in [4.69, 9.17) is 10.5 Å². The largest absolute Gasteiger partial charge is 0.497 e. The second-order valence-electron chi connectivity index (χ2n) is 3.56. The fourth-order valence-corrected chi connectivity index (χ4v) is 2.48. The number of methoxy groups -OCH3 is 1. The van der Waals surface area contributed by atoms with Crippen LogP contribution in [0.5, 0.6) is 5.75 Å². The zero-order valence-electron chi connectivity index (χ0n) is 9.99. The van der Waals surface area contributed by atoms with E-state index in [0.29, 0.717) is 5.75 Å². The van der Waals surface area contributed by atoms with Gasteiger partial charge in [0.05, 0.1) is 19.3 Å². The first-order chi connectivity index (χ1) is 9.03. The highest BCUT2D eigenvalue weighted by Gasteiger charge is 2.18. The molecule has 0 bridgehead atoms. The number of nitrogen functional groups attached to an aromatic ring is 1. The molecule has 0 aliphatic rings. The third-order valence-electron chi connectivity index (χ3n) is 2.32. The van der Waals surface area contributed by atoms with Gasteiger partial charge in [-0.2, -0.15) is 5.21 Å². The van der Waals surface area contributed by atoms with E-state index in [1.54, 1.807) is 0 Å². The molecule has 2 aromatic rings. The Hall–Kier alpha value is -2.20. The van der Waals surface area contributed by atoms with Gasteiger partial charge < -0.3 is 10.5 Å². The fraction of sp³-hybridized carbons (Fsp3) is 0.222. The molecule has 2 rings (SSSR count). The van der Waals surface area contributed by atoms with Gasteiger partial charge in [0, 0.05) is 6.07 Å². The lowest BCUT2D eigenvalue weighted by molar-refractivity contribution is 0.414. The maximum absolute atomic E-state index is 12.0. The molecular formula is C9H12N6O3S. The van der Waals surface area contributed by atoms with Crippen LogP contribution in [0.3, 0.4) is 0 Å². The van der Waals surface area contributed by atoms with Crippen molar-refractivity contribution in [3.63, 3.8) is 0 Å². The second-order valence-corrected chi connectivity index (χ2v) is 5.29. The van der Waals surface area contributed by atoms with Gasteiger partial charge in [0.1, 0.15) is 10.6 Å². The molecule has 9 nitrogen and oxygen atoms in total. The van der Waals surface area contributed by atoms with Crippen LogP contribution in [0.1, 0.15) is 5.82 Å². The number of nitrogens with two attached hydrogens (primary N) is 1. The molecule has 4 N–H and O–H groups in total. The van der Waals surface area contributed by atoms with Crippen LogP contribution in [0.25, 0.3) is 0 Å². The van der Waals surface area contributed by atoms with Crippen molar-refractivity contribution in [1.82, 2.24) is 25.3 Å². The molecule has 0 atom stereocenters. The summed E-state index contributed by atoms with van der Waals surface area (Å²) in [5, 5.41) is 12.8. The van der Waals surface area contributed by atoms with E-state index in [1.165, 1.54) is 25.3 Å². The summed E-state index contributed by atoms with van der Waals surface area (Å²) in [5.41, 5.74) is 5.78. The smallest absolute Gasteiger partial charge is 0.243 e. The monoisotopic (exact) mass is 284 g/mol. The maximum Gasteiger partial charge on any atom is 0.243 e. The molecule has 0 spiro atoms. The Balaban J connectivity index is 2.19. The van der Waals surface area contributed by atoms with Crippen LogP contribution < -0.4 is 15.2 Å².